The van der Waals surface area contributed by atoms with Crippen LogP contribution in [0.15, 0.2) is 71.4 Å². The summed E-state index contributed by atoms with van der Waals surface area (Å²) in [5, 5.41) is 5.86. The zero-order valence-corrected chi connectivity index (χ0v) is 21.0. The predicted molar refractivity (Wildman–Crippen MR) is 139 cm³/mol. The molecule has 0 fully saturated rings. The number of anilines is 3. The molecule has 0 aliphatic carbocycles. The quantitative estimate of drug-likeness (QED) is 0.403. The number of amides is 3. The van der Waals surface area contributed by atoms with Crippen molar-refractivity contribution in [3.05, 3.63) is 87.5 Å². The van der Waals surface area contributed by atoms with Crippen LogP contribution in [0.5, 0.6) is 11.5 Å². The number of rotatable bonds is 7. The van der Waals surface area contributed by atoms with Crippen molar-refractivity contribution in [2.45, 2.75) is 6.92 Å². The third-order valence-electron chi connectivity index (χ3n) is 5.58. The van der Waals surface area contributed by atoms with Crippen LogP contribution in [-0.2, 0) is 9.59 Å². The molecule has 0 saturated carbocycles. The molecule has 2 N–H and O–H groups in total. The topological polar surface area (TPSA) is 97.0 Å². The van der Waals surface area contributed by atoms with Crippen LogP contribution in [-0.4, -0.2) is 31.9 Å². The van der Waals surface area contributed by atoms with E-state index < -0.39 is 11.8 Å². The summed E-state index contributed by atoms with van der Waals surface area (Å²) in [6.07, 6.45) is 0. The van der Waals surface area contributed by atoms with Crippen molar-refractivity contribution in [1.29, 1.82) is 0 Å². The number of carbonyl (C=O) groups excluding carboxylic acids is 3. The average molecular weight is 526 g/mol. The first-order chi connectivity index (χ1) is 17.2. The maximum Gasteiger partial charge on any atom is 0.283 e. The van der Waals surface area contributed by atoms with Gasteiger partial charge in [0.05, 0.1) is 25.6 Å². The van der Waals surface area contributed by atoms with Gasteiger partial charge in [0, 0.05) is 22.3 Å². The molecule has 0 aromatic heterocycles. The number of nitrogens with one attached hydrogen (secondary N) is 2. The molecular weight excluding hydrogens is 505 g/mol. The number of benzene rings is 3. The minimum Gasteiger partial charge on any atom is -0.497 e. The minimum absolute atomic E-state index is 0.0683. The molecule has 0 saturated heterocycles. The van der Waals surface area contributed by atoms with Gasteiger partial charge in [0.1, 0.15) is 22.2 Å². The molecule has 1 aliphatic rings. The average Bonchev–Trinajstić information content (AvgIpc) is 3.09. The monoisotopic (exact) mass is 525 g/mol. The molecule has 3 aromatic carbocycles. The van der Waals surface area contributed by atoms with Gasteiger partial charge in [0.2, 0.25) is 0 Å². The van der Waals surface area contributed by atoms with Gasteiger partial charge < -0.3 is 20.1 Å². The summed E-state index contributed by atoms with van der Waals surface area (Å²) >= 11 is 12.4. The fraction of sp³-hybridized carbons (Fsp3) is 0.115. The molecule has 10 heteroatoms. The number of hydrogen-bond acceptors (Lipinski definition) is 6. The molecule has 0 bridgehead atoms. The zero-order valence-electron chi connectivity index (χ0n) is 19.5. The Labute approximate surface area is 217 Å². The number of carbonyl (C=O) groups is 3. The number of hydrogen-bond donors (Lipinski definition) is 2. The second-order valence-electron chi connectivity index (χ2n) is 7.74. The van der Waals surface area contributed by atoms with E-state index in [-0.39, 0.29) is 16.6 Å². The van der Waals surface area contributed by atoms with Crippen molar-refractivity contribution >= 4 is 58.0 Å². The summed E-state index contributed by atoms with van der Waals surface area (Å²) in [6.45, 7) is 1.71. The Bertz CT molecular complexity index is 1400. The predicted octanol–water partition coefficient (Wildman–Crippen LogP) is 5.35. The maximum atomic E-state index is 13.1. The second-order valence-corrected chi connectivity index (χ2v) is 8.53. The Kier molecular flexibility index (Phi) is 7.19. The van der Waals surface area contributed by atoms with E-state index in [1.54, 1.807) is 67.6 Å². The lowest BCUT2D eigenvalue weighted by atomic mass is 10.1. The Morgan fingerprint density at radius 3 is 2.31 bits per heavy atom. The lowest BCUT2D eigenvalue weighted by Gasteiger charge is -2.18. The summed E-state index contributed by atoms with van der Waals surface area (Å²) in [7, 11) is 3.03. The van der Waals surface area contributed by atoms with Gasteiger partial charge in [-0.15, -0.1) is 0 Å². The highest BCUT2D eigenvalue weighted by molar-refractivity contribution is 6.53. The van der Waals surface area contributed by atoms with Crippen LogP contribution in [0.4, 0.5) is 17.1 Å². The van der Waals surface area contributed by atoms with Crippen molar-refractivity contribution in [1.82, 2.24) is 0 Å². The number of halogens is 2. The van der Waals surface area contributed by atoms with Crippen LogP contribution >= 0.6 is 23.2 Å². The van der Waals surface area contributed by atoms with Crippen LogP contribution in [0, 0.1) is 6.92 Å². The van der Waals surface area contributed by atoms with Crippen LogP contribution in [0.2, 0.25) is 5.02 Å². The van der Waals surface area contributed by atoms with Gasteiger partial charge in [-0.3, -0.25) is 14.4 Å². The summed E-state index contributed by atoms with van der Waals surface area (Å²) < 4.78 is 10.5. The van der Waals surface area contributed by atoms with E-state index in [0.717, 1.165) is 4.90 Å². The minimum atomic E-state index is -0.654. The first kappa shape index (κ1) is 25.1. The lowest BCUT2D eigenvalue weighted by molar-refractivity contribution is -0.120. The van der Waals surface area contributed by atoms with Crippen LogP contribution in [0.3, 0.4) is 0 Å². The first-order valence-corrected chi connectivity index (χ1v) is 11.4. The summed E-state index contributed by atoms with van der Waals surface area (Å²) in [6, 6.07) is 16.3. The van der Waals surface area contributed by atoms with Crippen LogP contribution in [0.1, 0.15) is 15.9 Å². The molecule has 0 spiro atoms. The van der Waals surface area contributed by atoms with E-state index in [9.17, 15) is 14.4 Å². The fourth-order valence-electron chi connectivity index (χ4n) is 3.61. The molecule has 1 aliphatic heterocycles. The van der Waals surface area contributed by atoms with E-state index in [1.807, 2.05) is 0 Å². The van der Waals surface area contributed by atoms with E-state index in [1.165, 1.54) is 14.2 Å². The van der Waals surface area contributed by atoms with Crippen molar-refractivity contribution in [2.75, 3.05) is 29.8 Å². The van der Waals surface area contributed by atoms with Gasteiger partial charge in [-0.25, -0.2) is 4.90 Å². The third-order valence-corrected chi connectivity index (χ3v) is 6.34. The Hall–Kier alpha value is -4.01. The SMILES string of the molecule is COc1ccc(NC(=O)c2ccc(NC3=C(Cl)C(=O)N(c4cccc(Cl)c4C)C3=O)cc2)c(OC)c1. The number of methoxy groups -OCH3 is 2. The summed E-state index contributed by atoms with van der Waals surface area (Å²) in [5.74, 6) is -0.580. The Morgan fingerprint density at radius 1 is 0.917 bits per heavy atom. The largest absolute Gasteiger partial charge is 0.497 e. The van der Waals surface area contributed by atoms with E-state index >= 15 is 0 Å². The van der Waals surface area contributed by atoms with Crippen molar-refractivity contribution < 1.29 is 23.9 Å². The smallest absolute Gasteiger partial charge is 0.283 e. The van der Waals surface area contributed by atoms with Gasteiger partial charge in [-0.05, 0) is 61.0 Å². The third kappa shape index (κ3) is 4.73. The highest BCUT2D eigenvalue weighted by Crippen LogP contribution is 2.34. The maximum absolute atomic E-state index is 13.1. The van der Waals surface area contributed by atoms with E-state index in [0.29, 0.717) is 44.7 Å². The molecule has 3 aromatic rings. The molecule has 0 radical (unpaired) electrons. The van der Waals surface area contributed by atoms with Gasteiger partial charge in [0.15, 0.2) is 0 Å². The van der Waals surface area contributed by atoms with Gasteiger partial charge >= 0.3 is 0 Å². The second kappa shape index (κ2) is 10.3. The zero-order chi connectivity index (χ0) is 26.0. The van der Waals surface area contributed by atoms with Crippen molar-refractivity contribution in [3.63, 3.8) is 0 Å². The molecule has 8 nitrogen and oxygen atoms in total. The normalized spacial score (nSPS) is 13.2. The standard InChI is InChI=1S/C26H21Cl2N3O5/c1-14-18(27)5-4-6-20(14)31-25(33)22(28)23(26(31)34)29-16-9-7-15(8-10-16)24(32)30-19-12-11-17(35-2)13-21(19)36-3/h4-13,29H,1-3H3,(H,30,32). The summed E-state index contributed by atoms with van der Waals surface area (Å²) in [4.78, 5) is 39.5. The van der Waals surface area contributed by atoms with Crippen molar-refractivity contribution in [2.24, 2.45) is 0 Å². The first-order valence-electron chi connectivity index (χ1n) is 10.7. The highest BCUT2D eigenvalue weighted by atomic mass is 35.5. The van der Waals surface area contributed by atoms with Gasteiger partial charge in [-0.1, -0.05) is 29.3 Å². The summed E-state index contributed by atoms with van der Waals surface area (Å²) in [5.41, 5.74) is 2.18. The number of imide groups is 1. The molecular formula is C26H21Cl2N3O5. The Balaban J connectivity index is 1.50. The van der Waals surface area contributed by atoms with Gasteiger partial charge in [-0.2, -0.15) is 0 Å². The molecule has 184 valence electrons. The number of ether oxygens (including phenoxy) is 2. The molecule has 1 heterocycles. The molecule has 0 atom stereocenters. The fourth-order valence-corrected chi connectivity index (χ4v) is 4.00. The van der Waals surface area contributed by atoms with Gasteiger partial charge in [0.25, 0.3) is 17.7 Å². The van der Waals surface area contributed by atoms with Crippen molar-refractivity contribution in [3.8, 4) is 11.5 Å². The van der Waals surface area contributed by atoms with E-state index in [4.69, 9.17) is 32.7 Å². The Morgan fingerprint density at radius 2 is 1.64 bits per heavy atom. The van der Waals surface area contributed by atoms with Crippen LogP contribution < -0.4 is 25.0 Å². The van der Waals surface area contributed by atoms with E-state index in [2.05, 4.69) is 10.6 Å². The number of nitrogens with zero attached hydrogens (tertiary/aromatic N) is 1. The van der Waals surface area contributed by atoms with Crippen LogP contribution in [0.25, 0.3) is 0 Å². The molecule has 36 heavy (non-hydrogen) atoms. The lowest BCUT2D eigenvalue weighted by Crippen LogP contribution is -2.32. The molecule has 4 rings (SSSR count). The highest BCUT2D eigenvalue weighted by Gasteiger charge is 2.39. The molecule has 0 unspecified atom stereocenters. The molecule has 3 amide bonds.